The van der Waals surface area contributed by atoms with Crippen LogP contribution in [0.25, 0.3) is 0 Å². The molecule has 0 aromatic heterocycles. The number of non-ortho nitro benzene ring substituents is 1. The van der Waals surface area contributed by atoms with Crippen LogP contribution in [0.3, 0.4) is 0 Å². The highest BCUT2D eigenvalue weighted by molar-refractivity contribution is 5.35. The van der Waals surface area contributed by atoms with Crippen LogP contribution >= 0.6 is 0 Å². The monoisotopic (exact) mass is 400 g/mol. The number of hydrogen-bond donors (Lipinski definition) is 0. The maximum Gasteiger partial charge on any atom is 0.269 e. The molecule has 1 fully saturated rings. The fourth-order valence-electron chi connectivity index (χ4n) is 3.47. The van der Waals surface area contributed by atoms with Crippen LogP contribution < -0.4 is 0 Å². The second-order valence-corrected chi connectivity index (χ2v) is 7.15. The maximum atomic E-state index is 13.7. The van der Waals surface area contributed by atoms with Crippen LogP contribution in [0.2, 0.25) is 0 Å². The number of halogens is 2. The number of piperazine rings is 1. The fourth-order valence-corrected chi connectivity index (χ4v) is 3.47. The first kappa shape index (κ1) is 20.8. The Morgan fingerprint density at radius 2 is 1.41 bits per heavy atom. The quantitative estimate of drug-likeness (QED) is 0.527. The number of hydrogen-bond acceptors (Lipinski definition) is 5. The molecule has 1 saturated heterocycles. The average molecular weight is 400 g/mol. The Hall–Kier alpha value is -2.89. The molecule has 0 saturated carbocycles. The van der Waals surface area contributed by atoms with Crippen molar-refractivity contribution in [1.82, 2.24) is 9.80 Å². The first-order chi connectivity index (χ1) is 14.0. The summed E-state index contributed by atoms with van der Waals surface area (Å²) in [4.78, 5) is 14.9. The van der Waals surface area contributed by atoms with Crippen molar-refractivity contribution in [1.29, 1.82) is 5.26 Å². The van der Waals surface area contributed by atoms with Crippen molar-refractivity contribution in [3.05, 3.63) is 74.8 Å². The Balaban J connectivity index is 1.41. The average Bonchev–Trinajstić information content (AvgIpc) is 2.71. The van der Waals surface area contributed by atoms with E-state index in [1.807, 2.05) is 0 Å². The van der Waals surface area contributed by atoms with Gasteiger partial charge in [-0.1, -0.05) is 12.1 Å². The molecular formula is C21H22F2N4O2. The van der Waals surface area contributed by atoms with E-state index in [1.165, 1.54) is 30.3 Å². The van der Waals surface area contributed by atoms with Crippen molar-refractivity contribution in [3.63, 3.8) is 0 Å². The number of nitro groups is 1. The van der Waals surface area contributed by atoms with Gasteiger partial charge in [0.15, 0.2) is 0 Å². The van der Waals surface area contributed by atoms with Crippen LogP contribution in [0.1, 0.15) is 16.7 Å². The predicted octanol–water partition coefficient (Wildman–Crippen LogP) is 3.15. The largest absolute Gasteiger partial charge is 0.300 e. The molecule has 8 heteroatoms. The van der Waals surface area contributed by atoms with Crippen molar-refractivity contribution >= 4 is 5.69 Å². The number of nitrogens with zero attached hydrogens (tertiary/aromatic N) is 4. The van der Waals surface area contributed by atoms with E-state index in [4.69, 9.17) is 5.26 Å². The molecule has 0 amide bonds. The van der Waals surface area contributed by atoms with E-state index in [9.17, 15) is 18.9 Å². The van der Waals surface area contributed by atoms with Crippen LogP contribution in [0.5, 0.6) is 0 Å². The molecule has 152 valence electrons. The Morgan fingerprint density at radius 3 is 1.86 bits per heavy atom. The molecule has 0 N–H and O–H groups in total. The van der Waals surface area contributed by atoms with Gasteiger partial charge in [0.05, 0.1) is 4.92 Å². The molecule has 6 nitrogen and oxygen atoms in total. The summed E-state index contributed by atoms with van der Waals surface area (Å²) in [7, 11) is 0. The van der Waals surface area contributed by atoms with Crippen molar-refractivity contribution < 1.29 is 13.7 Å². The summed E-state index contributed by atoms with van der Waals surface area (Å²) in [6, 6.07) is 10.7. The summed E-state index contributed by atoms with van der Waals surface area (Å²) >= 11 is 0. The van der Waals surface area contributed by atoms with Crippen molar-refractivity contribution in [3.8, 4) is 6.07 Å². The number of nitro benzene ring substituents is 1. The topological polar surface area (TPSA) is 73.4 Å². The lowest BCUT2D eigenvalue weighted by Gasteiger charge is -2.34. The van der Waals surface area contributed by atoms with Crippen LogP contribution in [0, 0.1) is 33.1 Å². The van der Waals surface area contributed by atoms with Crippen LogP contribution in [-0.2, 0) is 12.8 Å². The predicted molar refractivity (Wildman–Crippen MR) is 104 cm³/mol. The molecule has 0 aliphatic carbocycles. The van der Waals surface area contributed by atoms with Gasteiger partial charge in [-0.2, -0.15) is 5.26 Å². The second kappa shape index (κ2) is 9.54. The van der Waals surface area contributed by atoms with Gasteiger partial charge < -0.3 is 9.80 Å². The normalized spacial score (nSPS) is 15.2. The van der Waals surface area contributed by atoms with Crippen molar-refractivity contribution in [2.24, 2.45) is 0 Å². The summed E-state index contributed by atoms with van der Waals surface area (Å²) in [5.41, 5.74) is 1.20. The van der Waals surface area contributed by atoms with E-state index >= 15 is 0 Å². The molecule has 3 rings (SSSR count). The third kappa shape index (κ3) is 5.56. The second-order valence-electron chi connectivity index (χ2n) is 7.15. The maximum absolute atomic E-state index is 13.7. The minimum Gasteiger partial charge on any atom is -0.300 e. The lowest BCUT2D eigenvalue weighted by molar-refractivity contribution is -0.384. The number of benzene rings is 2. The van der Waals surface area contributed by atoms with Crippen molar-refractivity contribution in [2.75, 3.05) is 39.3 Å². The molecule has 0 radical (unpaired) electrons. The van der Waals surface area contributed by atoms with Crippen molar-refractivity contribution in [2.45, 2.75) is 12.8 Å². The molecule has 1 heterocycles. The first-order valence-corrected chi connectivity index (χ1v) is 9.52. The molecule has 29 heavy (non-hydrogen) atoms. The summed E-state index contributed by atoms with van der Waals surface area (Å²) in [5.74, 6) is -1.61. The standard InChI is InChI=1S/C21H22F2N4O2/c22-20-13-17(14-21(23)19(20)15-24)6-8-26-11-9-25(10-12-26)7-5-16-1-3-18(4-2-16)27(28)29/h1-4,13-14H,5-12H2. The minimum atomic E-state index is -0.807. The third-order valence-electron chi connectivity index (χ3n) is 5.26. The van der Waals surface area contributed by atoms with E-state index in [2.05, 4.69) is 9.80 Å². The van der Waals surface area contributed by atoms with E-state index in [0.29, 0.717) is 18.5 Å². The molecule has 0 atom stereocenters. The van der Waals surface area contributed by atoms with E-state index in [0.717, 1.165) is 44.7 Å². The molecule has 0 bridgehead atoms. The lowest BCUT2D eigenvalue weighted by atomic mass is 10.1. The van der Waals surface area contributed by atoms with Gasteiger partial charge in [0, 0.05) is 51.4 Å². The van der Waals surface area contributed by atoms with Crippen LogP contribution in [0.4, 0.5) is 14.5 Å². The Morgan fingerprint density at radius 1 is 0.931 bits per heavy atom. The number of nitriles is 1. The Bertz CT molecular complexity index is 881. The van der Waals surface area contributed by atoms with Gasteiger partial charge in [-0.15, -0.1) is 0 Å². The van der Waals surface area contributed by atoms with Gasteiger partial charge in [-0.3, -0.25) is 10.1 Å². The smallest absolute Gasteiger partial charge is 0.269 e. The first-order valence-electron chi connectivity index (χ1n) is 9.52. The highest BCUT2D eigenvalue weighted by Crippen LogP contribution is 2.16. The van der Waals surface area contributed by atoms with E-state index in [-0.39, 0.29) is 5.69 Å². The lowest BCUT2D eigenvalue weighted by Crippen LogP contribution is -2.47. The molecule has 1 aliphatic rings. The zero-order valence-electron chi connectivity index (χ0n) is 16.0. The molecule has 0 unspecified atom stereocenters. The Labute approximate surface area is 168 Å². The van der Waals surface area contributed by atoms with Crippen LogP contribution in [-0.4, -0.2) is 54.0 Å². The van der Waals surface area contributed by atoms with Crippen LogP contribution in [0.15, 0.2) is 36.4 Å². The minimum absolute atomic E-state index is 0.101. The van der Waals surface area contributed by atoms with Gasteiger partial charge in [0.25, 0.3) is 5.69 Å². The van der Waals surface area contributed by atoms with E-state index < -0.39 is 22.1 Å². The molecule has 2 aromatic carbocycles. The number of rotatable bonds is 7. The third-order valence-corrected chi connectivity index (χ3v) is 5.26. The van der Waals surface area contributed by atoms with Gasteiger partial charge in [0.1, 0.15) is 23.3 Å². The highest BCUT2D eigenvalue weighted by atomic mass is 19.1. The SMILES string of the molecule is N#Cc1c(F)cc(CCN2CCN(CCc3ccc([N+](=O)[O-])cc3)CC2)cc1F. The highest BCUT2D eigenvalue weighted by Gasteiger charge is 2.17. The summed E-state index contributed by atoms with van der Waals surface area (Å²) < 4.78 is 27.4. The van der Waals surface area contributed by atoms with Gasteiger partial charge in [-0.05, 0) is 36.1 Å². The van der Waals surface area contributed by atoms with Gasteiger partial charge in [-0.25, -0.2) is 8.78 Å². The molecular weight excluding hydrogens is 378 g/mol. The zero-order chi connectivity index (χ0) is 20.8. The summed E-state index contributed by atoms with van der Waals surface area (Å²) in [6.45, 7) is 5.16. The molecule has 0 spiro atoms. The summed E-state index contributed by atoms with van der Waals surface area (Å²) in [6.07, 6.45) is 1.37. The molecule has 1 aliphatic heterocycles. The summed E-state index contributed by atoms with van der Waals surface area (Å²) in [5, 5.41) is 19.4. The molecule has 2 aromatic rings. The Kier molecular flexibility index (Phi) is 6.86. The zero-order valence-corrected chi connectivity index (χ0v) is 16.0. The van der Waals surface area contributed by atoms with Gasteiger partial charge in [0.2, 0.25) is 0 Å². The fraction of sp³-hybridized carbons (Fsp3) is 0.381. The van der Waals surface area contributed by atoms with E-state index in [1.54, 1.807) is 12.1 Å². The van der Waals surface area contributed by atoms with Gasteiger partial charge >= 0.3 is 0 Å².